The predicted molar refractivity (Wildman–Crippen MR) is 69.2 cm³/mol. The number of hydrogen-bond donors (Lipinski definition) is 1. The van der Waals surface area contributed by atoms with Crippen molar-refractivity contribution in [1.82, 2.24) is 0 Å². The zero-order valence-corrected chi connectivity index (χ0v) is 11.0. The monoisotopic (exact) mass is 210 g/mol. The van der Waals surface area contributed by atoms with E-state index in [1.807, 2.05) is 6.92 Å². The summed E-state index contributed by atoms with van der Waals surface area (Å²) in [6.07, 6.45) is 9.65. The standard InChI is InChI=1S/C5H13P.C4H11OP/c1-5-6(2,3)4;1-4-6(2,3)5/h2,5H2,1,3-4H3;5H,2,4H2,1,3H3. The molecule has 0 bridgehead atoms. The molecule has 0 aromatic heterocycles. The van der Waals surface area contributed by atoms with Crippen molar-refractivity contribution in [2.24, 2.45) is 0 Å². The fourth-order valence-corrected chi connectivity index (χ4v) is 0. The normalized spacial score (nSPS) is 15.8. The Morgan fingerprint density at radius 1 is 1.00 bits per heavy atom. The average molecular weight is 210 g/mol. The van der Waals surface area contributed by atoms with Crippen molar-refractivity contribution in [1.29, 1.82) is 0 Å². The summed E-state index contributed by atoms with van der Waals surface area (Å²) in [5.74, 6) is 0. The van der Waals surface area contributed by atoms with Crippen molar-refractivity contribution < 1.29 is 4.89 Å². The predicted octanol–water partition coefficient (Wildman–Crippen LogP) is 2.71. The van der Waals surface area contributed by atoms with E-state index in [0.717, 1.165) is 6.16 Å². The zero-order valence-electron chi connectivity index (χ0n) is 9.17. The Balaban J connectivity index is 0. The van der Waals surface area contributed by atoms with Crippen LogP contribution in [0.25, 0.3) is 0 Å². The van der Waals surface area contributed by atoms with E-state index in [1.165, 1.54) is 6.16 Å². The maximum atomic E-state index is 8.83. The van der Waals surface area contributed by atoms with Gasteiger partial charge in [-0.05, 0) is 39.4 Å². The van der Waals surface area contributed by atoms with Gasteiger partial charge in [0.05, 0.1) is 0 Å². The third kappa shape index (κ3) is 22.4. The fourth-order valence-electron chi connectivity index (χ4n) is 0. The molecule has 0 saturated carbocycles. The van der Waals surface area contributed by atoms with Gasteiger partial charge in [0, 0.05) is 0 Å². The number of hydrogen-bond acceptors (Lipinski definition) is 1. The highest BCUT2D eigenvalue weighted by atomic mass is 31.2. The molecule has 0 radical (unpaired) electrons. The van der Waals surface area contributed by atoms with Gasteiger partial charge in [-0.25, -0.2) is 0 Å². The molecule has 76 valence electrons. The van der Waals surface area contributed by atoms with E-state index in [2.05, 4.69) is 32.9 Å². The van der Waals surface area contributed by atoms with E-state index >= 15 is 0 Å². The minimum atomic E-state index is -1.65. The van der Waals surface area contributed by atoms with Crippen LogP contribution in [-0.4, -0.2) is 49.8 Å². The SMILES string of the molecule is C=P(C)(C)CC.C=P(C)(O)CC. The van der Waals surface area contributed by atoms with Crippen LogP contribution in [0.3, 0.4) is 0 Å². The van der Waals surface area contributed by atoms with Gasteiger partial charge in [0.25, 0.3) is 0 Å². The second kappa shape index (κ2) is 6.08. The van der Waals surface area contributed by atoms with Gasteiger partial charge < -0.3 is 4.89 Å². The minimum Gasteiger partial charge on any atom is -0.377 e. The van der Waals surface area contributed by atoms with Crippen LogP contribution >= 0.6 is 14.0 Å². The van der Waals surface area contributed by atoms with Crippen LogP contribution in [0.5, 0.6) is 0 Å². The van der Waals surface area contributed by atoms with Gasteiger partial charge in [0.15, 0.2) is 0 Å². The van der Waals surface area contributed by atoms with Gasteiger partial charge >= 0.3 is 0 Å². The molecule has 0 spiro atoms. The molecule has 1 N–H and O–H groups in total. The van der Waals surface area contributed by atoms with E-state index in [0.29, 0.717) is 0 Å². The zero-order chi connectivity index (χ0) is 10.4. The van der Waals surface area contributed by atoms with Crippen molar-refractivity contribution >= 4 is 26.6 Å². The Morgan fingerprint density at radius 2 is 1.17 bits per heavy atom. The molecular weight excluding hydrogens is 186 g/mol. The second-order valence-electron chi connectivity index (χ2n) is 3.91. The van der Waals surface area contributed by atoms with Gasteiger partial charge in [-0.1, -0.05) is 20.1 Å². The highest BCUT2D eigenvalue weighted by molar-refractivity contribution is 7.72. The Morgan fingerprint density at radius 3 is 1.17 bits per heavy atom. The van der Waals surface area contributed by atoms with Gasteiger partial charge in [0.2, 0.25) is 0 Å². The van der Waals surface area contributed by atoms with E-state index in [-0.39, 0.29) is 0 Å². The molecule has 0 aromatic carbocycles. The van der Waals surface area contributed by atoms with E-state index in [1.54, 1.807) is 6.66 Å². The van der Waals surface area contributed by atoms with Gasteiger partial charge in [-0.2, -0.15) is 0 Å². The second-order valence-corrected chi connectivity index (χ2v) is 11.7. The molecule has 1 unspecified atom stereocenters. The largest absolute Gasteiger partial charge is 0.377 e. The lowest BCUT2D eigenvalue weighted by Crippen LogP contribution is -1.76. The molecular formula is C9H24OP2. The third-order valence-electron chi connectivity index (χ3n) is 1.54. The highest BCUT2D eigenvalue weighted by Crippen LogP contribution is 2.33. The van der Waals surface area contributed by atoms with Crippen molar-refractivity contribution in [3.05, 3.63) is 0 Å². The Hall–Kier alpha value is 0.560. The van der Waals surface area contributed by atoms with Crippen LogP contribution in [0.1, 0.15) is 13.8 Å². The lowest BCUT2D eigenvalue weighted by molar-refractivity contribution is 0.627. The van der Waals surface area contributed by atoms with E-state index in [9.17, 15) is 0 Å². The first-order chi connectivity index (χ1) is 5.12. The molecule has 0 heterocycles. The summed E-state index contributed by atoms with van der Waals surface area (Å²) in [6, 6.07) is 0. The van der Waals surface area contributed by atoms with Crippen molar-refractivity contribution in [2.45, 2.75) is 13.8 Å². The molecule has 0 rings (SSSR count). The van der Waals surface area contributed by atoms with E-state index < -0.39 is 14.0 Å². The molecule has 0 aliphatic carbocycles. The van der Waals surface area contributed by atoms with E-state index in [4.69, 9.17) is 4.89 Å². The van der Waals surface area contributed by atoms with Gasteiger partial charge in [0.1, 0.15) is 0 Å². The Kier molecular flexibility index (Phi) is 7.63. The first-order valence-electron chi connectivity index (χ1n) is 4.22. The molecule has 0 fully saturated rings. The van der Waals surface area contributed by atoms with Crippen LogP contribution in [0, 0.1) is 0 Å². The maximum absolute atomic E-state index is 8.83. The maximum Gasteiger partial charge on any atom is -0.00523 e. The first kappa shape index (κ1) is 15.1. The molecule has 0 saturated heterocycles. The van der Waals surface area contributed by atoms with Crippen LogP contribution in [-0.2, 0) is 0 Å². The van der Waals surface area contributed by atoms with Crippen LogP contribution < -0.4 is 0 Å². The Labute approximate surface area is 78.2 Å². The van der Waals surface area contributed by atoms with Crippen molar-refractivity contribution in [3.8, 4) is 0 Å². The smallest absolute Gasteiger partial charge is 0.00523 e. The molecule has 0 aliphatic heterocycles. The summed E-state index contributed by atoms with van der Waals surface area (Å²) >= 11 is 0. The lowest BCUT2D eigenvalue weighted by Gasteiger charge is -2.04. The quantitative estimate of drug-likeness (QED) is 0.695. The van der Waals surface area contributed by atoms with Crippen molar-refractivity contribution in [3.63, 3.8) is 0 Å². The summed E-state index contributed by atoms with van der Waals surface area (Å²) < 4.78 is 0. The summed E-state index contributed by atoms with van der Waals surface area (Å²) in [5.41, 5.74) is 0. The summed E-state index contributed by atoms with van der Waals surface area (Å²) in [6.45, 7) is 9.78. The first-order valence-corrected chi connectivity index (χ1v) is 9.83. The number of rotatable bonds is 2. The average Bonchev–Trinajstić information content (AvgIpc) is 1.86. The molecule has 1 atom stereocenters. The summed E-state index contributed by atoms with van der Waals surface area (Å²) in [5, 5.41) is 0. The van der Waals surface area contributed by atoms with Crippen LogP contribution in [0.4, 0.5) is 0 Å². The summed E-state index contributed by atoms with van der Waals surface area (Å²) in [4.78, 5) is 8.83. The molecule has 1 nitrogen and oxygen atoms in total. The highest BCUT2D eigenvalue weighted by Gasteiger charge is 1.91. The Bertz CT molecular complexity index is 163. The molecule has 0 amide bonds. The summed E-state index contributed by atoms with van der Waals surface area (Å²) in [7, 11) is -1.65. The molecule has 0 aliphatic rings. The minimum absolute atomic E-state index is 0.647. The topological polar surface area (TPSA) is 20.2 Å². The third-order valence-corrected chi connectivity index (χ3v) is 4.61. The molecule has 3 heteroatoms. The van der Waals surface area contributed by atoms with Crippen LogP contribution in [0.2, 0.25) is 0 Å². The van der Waals surface area contributed by atoms with Gasteiger partial charge in [-0.3, -0.25) is 0 Å². The lowest BCUT2D eigenvalue weighted by atomic mass is 11.0. The van der Waals surface area contributed by atoms with Gasteiger partial charge in [-0.15, -0.1) is 13.2 Å². The molecule has 12 heavy (non-hydrogen) atoms. The fraction of sp³-hybridized carbons (Fsp3) is 0.778. The van der Waals surface area contributed by atoms with Crippen LogP contribution in [0.15, 0.2) is 0 Å². The molecule has 0 aromatic rings. The van der Waals surface area contributed by atoms with Crippen molar-refractivity contribution in [2.75, 3.05) is 32.3 Å².